The Morgan fingerprint density at radius 1 is 1.14 bits per heavy atom. The quantitative estimate of drug-likeness (QED) is 0.824. The van der Waals surface area contributed by atoms with Crippen LogP contribution in [0.3, 0.4) is 0 Å². The summed E-state index contributed by atoms with van der Waals surface area (Å²) < 4.78 is 0. The molecule has 0 radical (unpaired) electrons. The fourth-order valence-corrected chi connectivity index (χ4v) is 3.60. The van der Waals surface area contributed by atoms with E-state index in [0.29, 0.717) is 12.3 Å². The number of halogens is 1. The number of benzene rings is 1. The first kappa shape index (κ1) is 17.3. The van der Waals surface area contributed by atoms with Gasteiger partial charge >= 0.3 is 0 Å². The van der Waals surface area contributed by atoms with Gasteiger partial charge in [0.05, 0.1) is 0 Å². The monoisotopic (exact) mass is 322 g/mol. The number of hydrogen-bond donors (Lipinski definition) is 2. The normalized spacial score (nSPS) is 18.7. The third kappa shape index (κ3) is 4.72. The van der Waals surface area contributed by atoms with Crippen LogP contribution >= 0.6 is 12.4 Å². The molecule has 0 bridgehead atoms. The van der Waals surface area contributed by atoms with E-state index in [1.807, 2.05) is 0 Å². The van der Waals surface area contributed by atoms with Crippen molar-refractivity contribution in [1.82, 2.24) is 5.32 Å². The zero-order valence-electron chi connectivity index (χ0n) is 13.2. The van der Waals surface area contributed by atoms with Gasteiger partial charge in [-0.15, -0.1) is 12.4 Å². The number of carbonyl (C=O) groups is 1. The van der Waals surface area contributed by atoms with Crippen molar-refractivity contribution in [3.05, 3.63) is 29.3 Å². The van der Waals surface area contributed by atoms with Gasteiger partial charge in [-0.2, -0.15) is 0 Å². The van der Waals surface area contributed by atoms with Crippen LogP contribution in [-0.4, -0.2) is 12.5 Å². The summed E-state index contributed by atoms with van der Waals surface area (Å²) in [5.74, 6) is 0.775. The molecule has 1 aliphatic carbocycles. The molecule has 0 spiro atoms. The van der Waals surface area contributed by atoms with Crippen LogP contribution in [0.15, 0.2) is 18.2 Å². The molecule has 2 aliphatic rings. The summed E-state index contributed by atoms with van der Waals surface area (Å²) in [5, 5.41) is 6.47. The Bertz CT molecular complexity index is 496. The molecular formula is C18H27ClN2O. The highest BCUT2D eigenvalue weighted by Gasteiger charge is 2.16. The van der Waals surface area contributed by atoms with Gasteiger partial charge in [-0.25, -0.2) is 0 Å². The van der Waals surface area contributed by atoms with Crippen LogP contribution in [0.25, 0.3) is 0 Å². The first-order valence-corrected chi connectivity index (χ1v) is 8.43. The van der Waals surface area contributed by atoms with Crippen molar-refractivity contribution in [3.8, 4) is 0 Å². The Kier molecular flexibility index (Phi) is 6.71. The van der Waals surface area contributed by atoms with Crippen LogP contribution in [0.1, 0.15) is 56.1 Å². The van der Waals surface area contributed by atoms with E-state index in [1.165, 1.54) is 49.7 Å². The second-order valence-corrected chi connectivity index (χ2v) is 6.52. The number of nitrogens with one attached hydrogen (secondary N) is 2. The molecule has 1 aromatic carbocycles. The molecule has 2 N–H and O–H groups in total. The highest BCUT2D eigenvalue weighted by atomic mass is 35.5. The van der Waals surface area contributed by atoms with E-state index in [4.69, 9.17) is 0 Å². The molecule has 3 nitrogen and oxygen atoms in total. The molecular weight excluding hydrogens is 296 g/mol. The Labute approximate surface area is 139 Å². The minimum atomic E-state index is 0. The molecule has 1 saturated carbocycles. The van der Waals surface area contributed by atoms with Gasteiger partial charge in [-0.3, -0.25) is 4.79 Å². The molecule has 4 heteroatoms. The van der Waals surface area contributed by atoms with E-state index < -0.39 is 0 Å². The number of carbonyl (C=O) groups excluding carboxylic acids is 1. The highest BCUT2D eigenvalue weighted by Crippen LogP contribution is 2.26. The average Bonchev–Trinajstić information content (AvgIpc) is 2.75. The lowest BCUT2D eigenvalue weighted by atomic mass is 9.96. The zero-order chi connectivity index (χ0) is 14.5. The molecule has 0 aromatic heterocycles. The van der Waals surface area contributed by atoms with E-state index in [1.54, 1.807) is 0 Å². The van der Waals surface area contributed by atoms with Crippen LogP contribution < -0.4 is 10.6 Å². The molecule has 22 heavy (non-hydrogen) atoms. The van der Waals surface area contributed by atoms with Crippen molar-refractivity contribution in [2.45, 2.75) is 57.9 Å². The van der Waals surface area contributed by atoms with Crippen molar-refractivity contribution in [2.24, 2.45) is 5.92 Å². The van der Waals surface area contributed by atoms with Gasteiger partial charge < -0.3 is 10.6 Å². The van der Waals surface area contributed by atoms with Crippen molar-refractivity contribution >= 4 is 24.0 Å². The van der Waals surface area contributed by atoms with Crippen LogP contribution in [0.2, 0.25) is 0 Å². The number of fused-ring (bicyclic) bond motifs is 1. The standard InChI is InChI=1S/C18H26N2O.ClH/c21-18(11-14-5-3-1-2-4-6-14)20-17-8-7-15-9-10-19-13-16(15)12-17;/h7-8,12,14,19H,1-6,9-11,13H2,(H,20,21);1H. The molecule has 1 aromatic rings. The fourth-order valence-electron chi connectivity index (χ4n) is 3.60. The van der Waals surface area contributed by atoms with E-state index in [0.717, 1.165) is 25.2 Å². The van der Waals surface area contributed by atoms with Gasteiger partial charge in [0.25, 0.3) is 0 Å². The van der Waals surface area contributed by atoms with Gasteiger partial charge in [0.2, 0.25) is 5.91 Å². The molecule has 1 fully saturated rings. The van der Waals surface area contributed by atoms with Crippen LogP contribution in [0.4, 0.5) is 5.69 Å². The maximum absolute atomic E-state index is 12.2. The largest absolute Gasteiger partial charge is 0.326 e. The van der Waals surface area contributed by atoms with E-state index in [2.05, 4.69) is 28.8 Å². The lowest BCUT2D eigenvalue weighted by Crippen LogP contribution is -2.24. The number of hydrogen-bond acceptors (Lipinski definition) is 2. The lowest BCUT2D eigenvalue weighted by molar-refractivity contribution is -0.117. The summed E-state index contributed by atoms with van der Waals surface area (Å²) in [5.41, 5.74) is 3.69. The van der Waals surface area contributed by atoms with Gasteiger partial charge in [0, 0.05) is 18.7 Å². The third-order valence-electron chi connectivity index (χ3n) is 4.83. The maximum atomic E-state index is 12.2. The second kappa shape index (κ2) is 8.54. The van der Waals surface area contributed by atoms with Crippen LogP contribution in [0, 0.1) is 5.92 Å². The average molecular weight is 323 g/mol. The molecule has 0 unspecified atom stereocenters. The summed E-state index contributed by atoms with van der Waals surface area (Å²) in [6.45, 7) is 1.97. The second-order valence-electron chi connectivity index (χ2n) is 6.52. The van der Waals surface area contributed by atoms with E-state index >= 15 is 0 Å². The minimum absolute atomic E-state index is 0. The Morgan fingerprint density at radius 2 is 1.91 bits per heavy atom. The maximum Gasteiger partial charge on any atom is 0.224 e. The Hall–Kier alpha value is -1.06. The SMILES string of the molecule is Cl.O=C(CC1CCCCCC1)Nc1ccc2c(c1)CNCC2. The molecule has 0 saturated heterocycles. The van der Waals surface area contributed by atoms with Gasteiger partial charge in [-0.1, -0.05) is 31.7 Å². The number of rotatable bonds is 3. The zero-order valence-corrected chi connectivity index (χ0v) is 14.0. The predicted molar refractivity (Wildman–Crippen MR) is 93.5 cm³/mol. The van der Waals surface area contributed by atoms with Gasteiger partial charge in [-0.05, 0) is 55.0 Å². The van der Waals surface area contributed by atoms with Gasteiger partial charge in [0.1, 0.15) is 0 Å². The topological polar surface area (TPSA) is 41.1 Å². The summed E-state index contributed by atoms with van der Waals surface area (Å²) in [7, 11) is 0. The third-order valence-corrected chi connectivity index (χ3v) is 4.83. The minimum Gasteiger partial charge on any atom is -0.326 e. The Morgan fingerprint density at radius 3 is 2.68 bits per heavy atom. The molecule has 122 valence electrons. The summed E-state index contributed by atoms with van der Waals surface area (Å²) >= 11 is 0. The molecule has 1 aliphatic heterocycles. The van der Waals surface area contributed by atoms with Crippen molar-refractivity contribution in [1.29, 1.82) is 0 Å². The summed E-state index contributed by atoms with van der Waals surface area (Å²) in [6.07, 6.45) is 9.50. The van der Waals surface area contributed by atoms with Crippen molar-refractivity contribution in [3.63, 3.8) is 0 Å². The molecule has 3 rings (SSSR count). The summed E-state index contributed by atoms with van der Waals surface area (Å²) in [4.78, 5) is 12.2. The fraction of sp³-hybridized carbons (Fsp3) is 0.611. The van der Waals surface area contributed by atoms with Gasteiger partial charge in [0.15, 0.2) is 0 Å². The molecule has 1 heterocycles. The predicted octanol–water partition coefficient (Wildman–Crippen LogP) is 4.05. The Balaban J connectivity index is 0.00000176. The van der Waals surface area contributed by atoms with E-state index in [-0.39, 0.29) is 18.3 Å². The highest BCUT2D eigenvalue weighted by molar-refractivity contribution is 5.91. The summed E-state index contributed by atoms with van der Waals surface area (Å²) in [6, 6.07) is 6.35. The van der Waals surface area contributed by atoms with Crippen molar-refractivity contribution in [2.75, 3.05) is 11.9 Å². The van der Waals surface area contributed by atoms with E-state index in [9.17, 15) is 4.79 Å². The lowest BCUT2D eigenvalue weighted by Gasteiger charge is -2.18. The molecule has 0 atom stereocenters. The van der Waals surface area contributed by atoms with Crippen LogP contribution in [-0.2, 0) is 17.8 Å². The first-order valence-electron chi connectivity index (χ1n) is 8.43. The molecule has 1 amide bonds. The number of anilines is 1. The van der Waals surface area contributed by atoms with Crippen molar-refractivity contribution < 1.29 is 4.79 Å². The van der Waals surface area contributed by atoms with Crippen LogP contribution in [0.5, 0.6) is 0 Å². The first-order chi connectivity index (χ1) is 10.3. The number of amides is 1. The smallest absolute Gasteiger partial charge is 0.224 e.